The zero-order chi connectivity index (χ0) is 19.6. The molecule has 0 radical (unpaired) electrons. The molecule has 0 unspecified atom stereocenters. The molecule has 4 heteroatoms. The number of hydrogen-bond donors (Lipinski definition) is 1. The molecule has 1 fully saturated rings. The third-order valence-electron chi connectivity index (χ3n) is 5.82. The van der Waals surface area contributed by atoms with Crippen LogP contribution in [0.5, 0.6) is 0 Å². The van der Waals surface area contributed by atoms with Gasteiger partial charge in [-0.2, -0.15) is 0 Å². The summed E-state index contributed by atoms with van der Waals surface area (Å²) in [6, 6.07) is 15.1. The Morgan fingerprint density at radius 3 is 2.68 bits per heavy atom. The molecule has 1 N–H and O–H groups in total. The van der Waals surface area contributed by atoms with Crippen molar-refractivity contribution < 1.29 is 9.18 Å². The maximum absolute atomic E-state index is 14.0. The standard InChI is InChI=1S/C24H25FN2O/c1-17-9-10-18(13-21(17)25)15-24(11-5-2-6-12-24)27-23(28)20-14-19-7-3-4-8-22(19)26-16-20/h3-4,7-10,13-14,16H,2,5-6,11-12,15H2,1H3,(H,27,28). The molecule has 4 rings (SSSR count). The number of halogens is 1. The Labute approximate surface area is 165 Å². The van der Waals surface area contributed by atoms with Crippen molar-refractivity contribution in [1.82, 2.24) is 10.3 Å². The maximum atomic E-state index is 14.0. The van der Waals surface area contributed by atoms with E-state index in [1.54, 1.807) is 19.2 Å². The second-order valence-electron chi connectivity index (χ2n) is 7.97. The number of nitrogens with zero attached hydrogens (tertiary/aromatic N) is 1. The number of amides is 1. The molecule has 1 aliphatic carbocycles. The van der Waals surface area contributed by atoms with Gasteiger partial charge in [0.05, 0.1) is 11.1 Å². The van der Waals surface area contributed by atoms with Crippen LogP contribution in [0.3, 0.4) is 0 Å². The molecule has 3 nitrogen and oxygen atoms in total. The minimum Gasteiger partial charge on any atom is -0.346 e. The molecule has 1 amide bonds. The molecule has 2 aromatic carbocycles. The van der Waals surface area contributed by atoms with Crippen LogP contribution in [0.25, 0.3) is 10.9 Å². The summed E-state index contributed by atoms with van der Waals surface area (Å²) in [6.45, 7) is 1.77. The Bertz CT molecular complexity index is 1010. The molecule has 1 heterocycles. The van der Waals surface area contributed by atoms with Gasteiger partial charge < -0.3 is 5.32 Å². The highest BCUT2D eigenvalue weighted by atomic mass is 19.1. The molecular formula is C24H25FN2O. The van der Waals surface area contributed by atoms with Crippen molar-refractivity contribution >= 4 is 16.8 Å². The van der Waals surface area contributed by atoms with Gasteiger partial charge in [-0.15, -0.1) is 0 Å². The van der Waals surface area contributed by atoms with Crippen molar-refractivity contribution in [3.05, 3.63) is 77.2 Å². The van der Waals surface area contributed by atoms with Gasteiger partial charge in [0, 0.05) is 17.1 Å². The van der Waals surface area contributed by atoms with E-state index in [9.17, 15) is 9.18 Å². The Hall–Kier alpha value is -2.75. The van der Waals surface area contributed by atoms with Crippen LogP contribution in [-0.4, -0.2) is 16.4 Å². The van der Waals surface area contributed by atoms with Gasteiger partial charge in [0.25, 0.3) is 5.91 Å². The number of pyridine rings is 1. The quantitative estimate of drug-likeness (QED) is 0.666. The van der Waals surface area contributed by atoms with Crippen LogP contribution >= 0.6 is 0 Å². The van der Waals surface area contributed by atoms with Crippen molar-refractivity contribution in [3.8, 4) is 0 Å². The van der Waals surface area contributed by atoms with Crippen LogP contribution in [0.15, 0.2) is 54.7 Å². The monoisotopic (exact) mass is 376 g/mol. The van der Waals surface area contributed by atoms with Crippen molar-refractivity contribution in [2.45, 2.75) is 51.0 Å². The summed E-state index contributed by atoms with van der Waals surface area (Å²) in [6.07, 6.45) is 7.44. The molecule has 0 saturated heterocycles. The van der Waals surface area contributed by atoms with Gasteiger partial charge in [0.2, 0.25) is 0 Å². The molecule has 144 valence electrons. The zero-order valence-electron chi connectivity index (χ0n) is 16.2. The maximum Gasteiger partial charge on any atom is 0.253 e. The molecule has 0 spiro atoms. The van der Waals surface area contributed by atoms with Crippen LogP contribution in [0, 0.1) is 12.7 Å². The minimum absolute atomic E-state index is 0.104. The number of para-hydroxylation sites is 1. The average molecular weight is 376 g/mol. The summed E-state index contributed by atoms with van der Waals surface area (Å²) in [7, 11) is 0. The molecule has 1 aromatic heterocycles. The zero-order valence-corrected chi connectivity index (χ0v) is 16.2. The van der Waals surface area contributed by atoms with Crippen LogP contribution in [-0.2, 0) is 6.42 Å². The number of nitrogens with one attached hydrogen (secondary N) is 1. The summed E-state index contributed by atoms with van der Waals surface area (Å²) >= 11 is 0. The summed E-state index contributed by atoms with van der Waals surface area (Å²) in [5.74, 6) is -0.291. The summed E-state index contributed by atoms with van der Waals surface area (Å²) in [5.41, 5.74) is 2.69. The van der Waals surface area contributed by atoms with E-state index in [0.29, 0.717) is 17.5 Å². The van der Waals surface area contributed by atoms with Gasteiger partial charge in [-0.1, -0.05) is 49.6 Å². The van der Waals surface area contributed by atoms with Gasteiger partial charge in [0.1, 0.15) is 5.82 Å². The Balaban J connectivity index is 1.59. The fraction of sp³-hybridized carbons (Fsp3) is 0.333. The molecule has 28 heavy (non-hydrogen) atoms. The van der Waals surface area contributed by atoms with E-state index < -0.39 is 0 Å². The van der Waals surface area contributed by atoms with Crippen LogP contribution in [0.1, 0.15) is 53.6 Å². The Morgan fingerprint density at radius 1 is 1.11 bits per heavy atom. The highest BCUT2D eigenvalue weighted by Crippen LogP contribution is 2.32. The summed E-state index contributed by atoms with van der Waals surface area (Å²) in [4.78, 5) is 17.5. The van der Waals surface area contributed by atoms with E-state index in [4.69, 9.17) is 0 Å². The number of fused-ring (bicyclic) bond motifs is 1. The fourth-order valence-electron chi connectivity index (χ4n) is 4.22. The predicted octanol–water partition coefficient (Wildman–Crippen LogP) is 5.36. The topological polar surface area (TPSA) is 42.0 Å². The van der Waals surface area contributed by atoms with Crippen LogP contribution in [0.4, 0.5) is 4.39 Å². The highest BCUT2D eigenvalue weighted by Gasteiger charge is 2.34. The van der Waals surface area contributed by atoms with E-state index in [-0.39, 0.29) is 17.3 Å². The summed E-state index contributed by atoms with van der Waals surface area (Å²) in [5, 5.41) is 4.25. The minimum atomic E-state index is -0.331. The van der Waals surface area contributed by atoms with Crippen molar-refractivity contribution in [2.24, 2.45) is 0 Å². The first-order valence-corrected chi connectivity index (χ1v) is 9.97. The van der Waals surface area contributed by atoms with Gasteiger partial charge in [0.15, 0.2) is 0 Å². The average Bonchev–Trinajstić information content (AvgIpc) is 2.71. The molecule has 0 aliphatic heterocycles. The SMILES string of the molecule is Cc1ccc(CC2(NC(=O)c3cnc4ccccc4c3)CCCCC2)cc1F. The number of hydrogen-bond acceptors (Lipinski definition) is 2. The lowest BCUT2D eigenvalue weighted by Crippen LogP contribution is -2.51. The van der Waals surface area contributed by atoms with E-state index in [0.717, 1.165) is 42.1 Å². The van der Waals surface area contributed by atoms with Crippen LogP contribution in [0.2, 0.25) is 0 Å². The summed E-state index contributed by atoms with van der Waals surface area (Å²) < 4.78 is 14.0. The molecule has 1 saturated carbocycles. The lowest BCUT2D eigenvalue weighted by Gasteiger charge is -2.38. The largest absolute Gasteiger partial charge is 0.346 e. The van der Waals surface area contributed by atoms with Crippen molar-refractivity contribution in [1.29, 1.82) is 0 Å². The first-order chi connectivity index (χ1) is 13.5. The third kappa shape index (κ3) is 3.91. The van der Waals surface area contributed by atoms with E-state index in [1.165, 1.54) is 6.42 Å². The molecule has 0 bridgehead atoms. The molecule has 0 atom stereocenters. The first kappa shape index (κ1) is 18.6. The normalized spacial score (nSPS) is 16.1. The number of benzene rings is 2. The fourth-order valence-corrected chi connectivity index (χ4v) is 4.22. The number of rotatable bonds is 4. The van der Waals surface area contributed by atoms with Crippen LogP contribution < -0.4 is 5.32 Å². The second-order valence-corrected chi connectivity index (χ2v) is 7.97. The van der Waals surface area contributed by atoms with E-state index >= 15 is 0 Å². The Kier molecular flexibility index (Phi) is 5.12. The number of aryl methyl sites for hydroxylation is 1. The highest BCUT2D eigenvalue weighted by molar-refractivity contribution is 5.97. The lowest BCUT2D eigenvalue weighted by atomic mass is 9.77. The van der Waals surface area contributed by atoms with Crippen molar-refractivity contribution in [2.75, 3.05) is 0 Å². The van der Waals surface area contributed by atoms with Gasteiger partial charge in [-0.05, 0) is 55.5 Å². The van der Waals surface area contributed by atoms with E-state index in [2.05, 4.69) is 10.3 Å². The predicted molar refractivity (Wildman–Crippen MR) is 110 cm³/mol. The third-order valence-corrected chi connectivity index (χ3v) is 5.82. The van der Waals surface area contributed by atoms with Gasteiger partial charge in [-0.25, -0.2) is 4.39 Å². The van der Waals surface area contributed by atoms with E-state index in [1.807, 2.05) is 42.5 Å². The molecule has 1 aliphatic rings. The first-order valence-electron chi connectivity index (χ1n) is 9.97. The number of carbonyl (C=O) groups excluding carboxylic acids is 1. The van der Waals surface area contributed by atoms with Crippen molar-refractivity contribution in [3.63, 3.8) is 0 Å². The molecule has 3 aromatic rings. The van der Waals surface area contributed by atoms with Gasteiger partial charge in [-0.3, -0.25) is 9.78 Å². The smallest absolute Gasteiger partial charge is 0.253 e. The Morgan fingerprint density at radius 2 is 1.89 bits per heavy atom. The molecular weight excluding hydrogens is 351 g/mol. The number of aromatic nitrogens is 1. The number of carbonyl (C=O) groups is 1. The van der Waals surface area contributed by atoms with Gasteiger partial charge >= 0.3 is 0 Å². The lowest BCUT2D eigenvalue weighted by molar-refractivity contribution is 0.0868. The second kappa shape index (κ2) is 7.70.